The molecule has 40 heteroatoms. The highest BCUT2D eigenvalue weighted by atomic mass is 35.5. The molecule has 12 aromatic rings. The summed E-state index contributed by atoms with van der Waals surface area (Å²) in [5.74, 6) is 1.16. The third-order valence-corrected chi connectivity index (χ3v) is 21.3. The van der Waals surface area contributed by atoms with Gasteiger partial charge in [-0.15, -0.1) is 0 Å². The number of fused-ring (bicyclic) bond motifs is 4. The van der Waals surface area contributed by atoms with Crippen molar-refractivity contribution >= 4 is 161 Å². The van der Waals surface area contributed by atoms with Crippen molar-refractivity contribution in [2.75, 3.05) is 153 Å². The molecule has 112 heavy (non-hydrogen) atoms. The van der Waals surface area contributed by atoms with Crippen LogP contribution in [0.4, 0.5) is 23.8 Å². The molecule has 0 saturated carbocycles. The first-order valence-corrected chi connectivity index (χ1v) is 38.8. The molecular formula is C72H80Cl8N24O8. The van der Waals surface area contributed by atoms with Crippen LogP contribution in [0.15, 0.2) is 117 Å². The van der Waals surface area contributed by atoms with Gasteiger partial charge >= 0.3 is 0 Å². The molecule has 0 unspecified atom stereocenters. The topological polar surface area (TPSA) is 352 Å². The molecule has 0 amide bonds. The third kappa shape index (κ3) is 22.1. The van der Waals surface area contributed by atoms with Gasteiger partial charge in [0.1, 0.15) is 1.37 Å². The first-order valence-electron chi connectivity index (χ1n) is 37.8. The van der Waals surface area contributed by atoms with E-state index in [0.717, 1.165) is 129 Å². The molecule has 0 spiro atoms. The van der Waals surface area contributed by atoms with Gasteiger partial charge in [0, 0.05) is 131 Å². The molecule has 4 aliphatic heterocycles. The van der Waals surface area contributed by atoms with E-state index < -0.39 is 0 Å². The quantitative estimate of drug-likeness (QED) is 0.0279. The Labute approximate surface area is 685 Å². The summed E-state index contributed by atoms with van der Waals surface area (Å²) in [6, 6.07) is 15.6. The maximum atomic E-state index is 12.6. The van der Waals surface area contributed by atoms with Gasteiger partial charge in [-0.05, 0) is 70.7 Å². The van der Waals surface area contributed by atoms with Crippen LogP contribution in [0.5, 0.6) is 0 Å². The van der Waals surface area contributed by atoms with Crippen LogP contribution >= 0.6 is 92.8 Å². The largest absolute Gasteiger partial charge is 0.379 e. The van der Waals surface area contributed by atoms with E-state index in [4.69, 9.17) is 117 Å². The van der Waals surface area contributed by atoms with E-state index in [1.165, 1.54) is 6.07 Å². The molecule has 12 heterocycles. The van der Waals surface area contributed by atoms with Crippen molar-refractivity contribution in [1.82, 2.24) is 97.7 Å². The zero-order valence-corrected chi connectivity index (χ0v) is 66.2. The van der Waals surface area contributed by atoms with Crippen LogP contribution in [0, 0.1) is 0 Å². The van der Waals surface area contributed by atoms with E-state index in [1.54, 1.807) is 66.0 Å². The van der Waals surface area contributed by atoms with Crippen LogP contribution in [-0.2, 0) is 71.3 Å². The maximum absolute atomic E-state index is 12.6. The van der Waals surface area contributed by atoms with E-state index in [1.807, 2.05) is 19.8 Å². The second-order valence-electron chi connectivity index (χ2n) is 26.0. The highest BCUT2D eigenvalue weighted by Crippen LogP contribution is 2.27. The van der Waals surface area contributed by atoms with Crippen molar-refractivity contribution in [3.8, 4) is 0 Å². The predicted molar refractivity (Wildman–Crippen MR) is 437 cm³/mol. The fourth-order valence-electron chi connectivity index (χ4n) is 12.3. The second-order valence-corrected chi connectivity index (χ2v) is 29.2. The summed E-state index contributed by atoms with van der Waals surface area (Å²) >= 11 is 47.7. The van der Waals surface area contributed by atoms with Gasteiger partial charge in [0.15, 0.2) is 44.7 Å². The molecule has 8 N–H and O–H groups in total. The molecule has 592 valence electrons. The molecule has 32 nitrogen and oxygen atoms in total. The maximum Gasteiger partial charge on any atom is 0.278 e. The SMILES string of the molecule is [2H]c1c(CNc2nc3ncn(CCN4CCOCC4)c3c(=O)[nH]2)ccc(Cl)c1Cl.[2H]c1cc(CNc2nc3ncn(CCN4CCOCC4)c3c(=O)[nH]2)cc(Cl)c1Cl.[2H]c1cc(Cl)c(Cl)cc1CNc1nc2ncn(CCN3CCOCC3)c2c(=O)[nH]1.[2H]c1nc2nc(NCc3ccc(Cl)c(Cl)c3)[nH]c(=O)c2n1CCN1CCOCC1. The van der Waals surface area contributed by atoms with Crippen molar-refractivity contribution in [2.45, 2.75) is 52.4 Å². The number of H-pyrrole nitrogens is 4. The standard InChI is InChI=1S/4C18H20Cl2N6O2/c4*19-13-2-1-12(9-14(13)20)10-21-18-23-16-15(17(27)24-18)26(11-22-16)4-3-25-5-7-28-8-6-25/h4*1-2,9,11H,3-8,10H2,(H2,21,23,24,27)/i11D;9D;2D;1D. The van der Waals surface area contributed by atoms with Gasteiger partial charge in [-0.2, -0.15) is 19.9 Å². The summed E-state index contributed by atoms with van der Waals surface area (Å²) in [6.45, 7) is 19.8. The van der Waals surface area contributed by atoms with Crippen molar-refractivity contribution in [1.29, 1.82) is 0 Å². The Morgan fingerprint density at radius 1 is 0.339 bits per heavy atom. The number of aromatic nitrogens is 16. The summed E-state index contributed by atoms with van der Waals surface area (Å²) in [5, 5.41) is 14.8. The molecule has 4 aliphatic rings. The molecule has 0 radical (unpaired) electrons. The van der Waals surface area contributed by atoms with E-state index >= 15 is 0 Å². The van der Waals surface area contributed by atoms with E-state index in [9.17, 15) is 19.2 Å². The molecule has 0 aliphatic carbocycles. The van der Waals surface area contributed by atoms with Gasteiger partial charge in [0.05, 0.1) is 122 Å². The van der Waals surface area contributed by atoms with Crippen LogP contribution in [-0.4, -0.2) is 229 Å². The molecule has 0 bridgehead atoms. The highest BCUT2D eigenvalue weighted by Gasteiger charge is 2.20. The molecule has 8 aromatic heterocycles. The second kappa shape index (κ2) is 39.5. The van der Waals surface area contributed by atoms with Crippen molar-refractivity contribution < 1.29 is 24.4 Å². The van der Waals surface area contributed by atoms with Crippen molar-refractivity contribution in [3.05, 3.63) is 202 Å². The number of hydrogen-bond donors (Lipinski definition) is 8. The Morgan fingerprint density at radius 3 is 1.05 bits per heavy atom. The Bertz CT molecular complexity index is 5550. The highest BCUT2D eigenvalue weighted by molar-refractivity contribution is 6.43. The van der Waals surface area contributed by atoms with Crippen LogP contribution < -0.4 is 43.5 Å². The first-order chi connectivity index (χ1) is 56.0. The lowest BCUT2D eigenvalue weighted by Gasteiger charge is -2.26. The summed E-state index contributed by atoms with van der Waals surface area (Å²) in [7, 11) is 0. The van der Waals surface area contributed by atoms with E-state index in [0.29, 0.717) is 139 Å². The minimum absolute atomic E-state index is 0.0212. The minimum atomic E-state index is -0.334. The van der Waals surface area contributed by atoms with Gasteiger partial charge in [-0.3, -0.25) is 58.7 Å². The predicted octanol–water partition coefficient (Wildman–Crippen LogP) is 9.48. The number of morpholine rings is 4. The summed E-state index contributed by atoms with van der Waals surface area (Å²) in [5.41, 5.74) is 4.82. The molecule has 4 saturated heterocycles. The first kappa shape index (κ1) is 76.1. The molecule has 4 fully saturated rings. The van der Waals surface area contributed by atoms with E-state index in [-0.39, 0.29) is 93.3 Å². The number of halogens is 8. The zero-order chi connectivity index (χ0) is 81.5. The average molecular weight is 1700 g/mol. The van der Waals surface area contributed by atoms with Crippen LogP contribution in [0.25, 0.3) is 44.7 Å². The summed E-state index contributed by atoms with van der Waals surface area (Å²) in [4.78, 5) is 105. The monoisotopic (exact) mass is 1690 g/mol. The van der Waals surface area contributed by atoms with Gasteiger partial charge < -0.3 is 58.5 Å². The molecular weight excluding hydrogens is 1610 g/mol. The number of nitrogens with zero attached hydrogens (tertiary/aromatic N) is 16. The van der Waals surface area contributed by atoms with Gasteiger partial charge in [-0.25, -0.2) is 19.9 Å². The van der Waals surface area contributed by atoms with Crippen LogP contribution in [0.2, 0.25) is 40.2 Å². The number of anilines is 4. The minimum Gasteiger partial charge on any atom is -0.379 e. The summed E-state index contributed by atoms with van der Waals surface area (Å²) in [6.07, 6.45) is 4.94. The third-order valence-electron chi connectivity index (χ3n) is 18.4. The van der Waals surface area contributed by atoms with Gasteiger partial charge in [0.2, 0.25) is 23.8 Å². The van der Waals surface area contributed by atoms with Crippen LogP contribution in [0.3, 0.4) is 0 Å². The molecule has 0 atom stereocenters. The fourth-order valence-corrected chi connectivity index (χ4v) is 13.6. The lowest BCUT2D eigenvalue weighted by Crippen LogP contribution is -2.38. The number of hydrogen-bond acceptors (Lipinski definition) is 24. The number of imidazole rings is 4. The number of aromatic amines is 4. The van der Waals surface area contributed by atoms with Crippen LogP contribution in [0.1, 0.15) is 27.7 Å². The van der Waals surface area contributed by atoms with Gasteiger partial charge in [0.25, 0.3) is 22.2 Å². The summed E-state index contributed by atoms with van der Waals surface area (Å²) < 4.78 is 60.4. The van der Waals surface area contributed by atoms with E-state index in [2.05, 4.69) is 101 Å². The Hall–Kier alpha value is -8.52. The number of ether oxygens (including phenoxy) is 4. The van der Waals surface area contributed by atoms with Crippen molar-refractivity contribution in [3.63, 3.8) is 0 Å². The lowest BCUT2D eigenvalue weighted by molar-refractivity contribution is 0.0364. The lowest BCUT2D eigenvalue weighted by atomic mass is 10.2. The zero-order valence-electron chi connectivity index (χ0n) is 64.2. The Kier molecular flexibility index (Phi) is 26.8. The average Bonchev–Trinajstić information content (AvgIpc) is 1.65. The normalized spacial score (nSPS) is 15.7. The van der Waals surface area contributed by atoms with Crippen molar-refractivity contribution in [2.24, 2.45) is 0 Å². The molecule has 16 rings (SSSR count). The van der Waals surface area contributed by atoms with Gasteiger partial charge in [-0.1, -0.05) is 117 Å². The fraction of sp³-hybridized carbons (Fsp3) is 0.389. The Morgan fingerprint density at radius 2 is 0.652 bits per heavy atom. The molecule has 4 aromatic carbocycles. The number of rotatable bonds is 24. The smallest absolute Gasteiger partial charge is 0.278 e. The Balaban J connectivity index is 0.000000135. The number of nitrogens with one attached hydrogen (secondary N) is 8. The number of benzene rings is 4.